The number of nitrogens with one attached hydrogen (secondary N) is 2. The molecule has 5 nitrogen and oxygen atoms in total. The third-order valence-electron chi connectivity index (χ3n) is 5.42. The first-order valence-electron chi connectivity index (χ1n) is 10.3. The molecule has 0 unspecified atom stereocenters. The monoisotopic (exact) mass is 395 g/mol. The Hall–Kier alpha value is -2.79. The third-order valence-corrected chi connectivity index (χ3v) is 5.42. The van der Waals surface area contributed by atoms with Crippen molar-refractivity contribution in [2.45, 2.75) is 32.4 Å². The van der Waals surface area contributed by atoms with Gasteiger partial charge in [0.2, 0.25) is 5.91 Å². The van der Waals surface area contributed by atoms with Gasteiger partial charge >= 0.3 is 0 Å². The van der Waals surface area contributed by atoms with Crippen LogP contribution in [0.1, 0.15) is 36.0 Å². The number of carbonyl (C=O) groups is 1. The fraction of sp³-hybridized carbons (Fsp3) is 0.375. The molecule has 1 aliphatic heterocycles. The fourth-order valence-corrected chi connectivity index (χ4v) is 3.85. The van der Waals surface area contributed by atoms with E-state index in [2.05, 4.69) is 23.5 Å². The standard InChI is InChI=1S/C24H30N2O3/c1-28-22-12-8-11-19(24(22)29-2)13-14-23(27)25-17-20-9-4-5-10-21(20)18-26-15-6-3-7-16-26/h4-5,8-14H,3,6-7,15-18H2,1-2H3,(H,25,27)/p+1/b14-13+. The summed E-state index contributed by atoms with van der Waals surface area (Å²) in [6.45, 7) is 4.04. The van der Waals surface area contributed by atoms with Crippen LogP contribution < -0.4 is 19.7 Å². The molecule has 0 atom stereocenters. The second-order valence-corrected chi connectivity index (χ2v) is 7.39. The van der Waals surface area contributed by atoms with Gasteiger partial charge in [-0.2, -0.15) is 0 Å². The molecule has 29 heavy (non-hydrogen) atoms. The summed E-state index contributed by atoms with van der Waals surface area (Å²) in [5.41, 5.74) is 3.31. The first-order valence-corrected chi connectivity index (χ1v) is 10.3. The Labute approximate surface area is 173 Å². The molecular formula is C24H31N2O3+. The molecule has 3 rings (SSSR count). The molecule has 1 saturated heterocycles. The lowest BCUT2D eigenvalue weighted by molar-refractivity contribution is -0.918. The molecule has 1 amide bonds. The lowest BCUT2D eigenvalue weighted by Gasteiger charge is -2.24. The minimum absolute atomic E-state index is 0.130. The highest BCUT2D eigenvalue weighted by Crippen LogP contribution is 2.31. The van der Waals surface area contributed by atoms with E-state index < -0.39 is 0 Å². The summed E-state index contributed by atoms with van der Waals surface area (Å²) in [5.74, 6) is 1.13. The van der Waals surface area contributed by atoms with Gasteiger partial charge in [-0.05, 0) is 37.0 Å². The van der Waals surface area contributed by atoms with Crippen molar-refractivity contribution in [1.29, 1.82) is 0 Å². The van der Waals surface area contributed by atoms with Gasteiger partial charge in [0.05, 0.1) is 27.3 Å². The quantitative estimate of drug-likeness (QED) is 0.676. The lowest BCUT2D eigenvalue weighted by atomic mass is 10.0. The normalized spacial score (nSPS) is 14.7. The molecule has 0 bridgehead atoms. The van der Waals surface area contributed by atoms with Crippen molar-refractivity contribution in [2.75, 3.05) is 27.3 Å². The highest BCUT2D eigenvalue weighted by molar-refractivity contribution is 5.92. The van der Waals surface area contributed by atoms with Gasteiger partial charge in [-0.3, -0.25) is 4.79 Å². The van der Waals surface area contributed by atoms with E-state index in [1.165, 1.54) is 49.6 Å². The molecule has 0 aromatic heterocycles. The predicted octanol–water partition coefficient (Wildman–Crippen LogP) is 2.60. The van der Waals surface area contributed by atoms with Gasteiger partial charge in [0, 0.05) is 23.7 Å². The summed E-state index contributed by atoms with van der Waals surface area (Å²) in [5, 5.41) is 3.01. The minimum Gasteiger partial charge on any atom is -0.493 e. The summed E-state index contributed by atoms with van der Waals surface area (Å²) >= 11 is 0. The Kier molecular flexibility index (Phi) is 7.70. The van der Waals surface area contributed by atoms with Gasteiger partial charge in [0.15, 0.2) is 11.5 Å². The van der Waals surface area contributed by atoms with E-state index in [0.717, 1.165) is 12.1 Å². The number of rotatable bonds is 8. The minimum atomic E-state index is -0.130. The van der Waals surface area contributed by atoms with Gasteiger partial charge in [0.25, 0.3) is 0 Å². The highest BCUT2D eigenvalue weighted by atomic mass is 16.5. The molecule has 1 aliphatic rings. The van der Waals surface area contributed by atoms with Crippen molar-refractivity contribution in [3.05, 3.63) is 65.2 Å². The highest BCUT2D eigenvalue weighted by Gasteiger charge is 2.15. The van der Waals surface area contributed by atoms with Crippen LogP contribution in [0.2, 0.25) is 0 Å². The van der Waals surface area contributed by atoms with Crippen molar-refractivity contribution in [2.24, 2.45) is 0 Å². The molecule has 2 aromatic carbocycles. The number of ether oxygens (including phenoxy) is 2. The molecule has 1 fully saturated rings. The second kappa shape index (κ2) is 10.7. The number of likely N-dealkylation sites (tertiary alicyclic amines) is 1. The van der Waals surface area contributed by atoms with Crippen molar-refractivity contribution in [1.82, 2.24) is 5.32 Å². The van der Waals surface area contributed by atoms with E-state index in [9.17, 15) is 4.79 Å². The molecule has 1 heterocycles. The molecule has 0 spiro atoms. The molecule has 5 heteroatoms. The van der Waals surface area contributed by atoms with Gasteiger partial charge in [-0.15, -0.1) is 0 Å². The molecule has 0 saturated carbocycles. The molecular weight excluding hydrogens is 364 g/mol. The zero-order valence-electron chi connectivity index (χ0n) is 17.4. The molecule has 0 radical (unpaired) electrons. The summed E-state index contributed by atoms with van der Waals surface area (Å²) in [7, 11) is 3.19. The van der Waals surface area contributed by atoms with Crippen LogP contribution in [0.4, 0.5) is 0 Å². The summed E-state index contributed by atoms with van der Waals surface area (Å²) in [4.78, 5) is 14.0. The van der Waals surface area contributed by atoms with Crippen molar-refractivity contribution >= 4 is 12.0 Å². The Morgan fingerprint density at radius 3 is 2.48 bits per heavy atom. The lowest BCUT2D eigenvalue weighted by Crippen LogP contribution is -3.11. The first kappa shape index (κ1) is 20.9. The number of hydrogen-bond donors (Lipinski definition) is 2. The van der Waals surface area contributed by atoms with Crippen molar-refractivity contribution in [3.63, 3.8) is 0 Å². The van der Waals surface area contributed by atoms with Crippen molar-refractivity contribution < 1.29 is 19.2 Å². The molecule has 2 N–H and O–H groups in total. The van der Waals surface area contributed by atoms with Crippen LogP contribution >= 0.6 is 0 Å². The van der Waals surface area contributed by atoms with E-state index >= 15 is 0 Å². The average molecular weight is 396 g/mol. The number of amides is 1. The first-order chi connectivity index (χ1) is 14.2. The Morgan fingerprint density at radius 1 is 1.00 bits per heavy atom. The number of benzene rings is 2. The van der Waals surface area contributed by atoms with Crippen LogP contribution in [0.15, 0.2) is 48.5 Å². The topological polar surface area (TPSA) is 52.0 Å². The summed E-state index contributed by atoms with van der Waals surface area (Å²) in [6.07, 6.45) is 7.27. The Balaban J connectivity index is 1.60. The molecule has 0 aliphatic carbocycles. The van der Waals surface area contributed by atoms with E-state index in [4.69, 9.17) is 9.47 Å². The predicted molar refractivity (Wildman–Crippen MR) is 115 cm³/mol. The maximum Gasteiger partial charge on any atom is 0.244 e. The van der Waals surface area contributed by atoms with Crippen LogP contribution in [-0.4, -0.2) is 33.2 Å². The SMILES string of the molecule is COc1cccc(/C=C/C(=O)NCc2ccccc2C[NH+]2CCCCC2)c1OC. The largest absolute Gasteiger partial charge is 0.493 e. The van der Waals surface area contributed by atoms with E-state index in [-0.39, 0.29) is 5.91 Å². The molecule has 154 valence electrons. The van der Waals surface area contributed by atoms with Gasteiger partial charge in [-0.25, -0.2) is 0 Å². The number of methoxy groups -OCH3 is 2. The Morgan fingerprint density at radius 2 is 1.76 bits per heavy atom. The maximum absolute atomic E-state index is 12.4. The zero-order valence-corrected chi connectivity index (χ0v) is 17.4. The number of quaternary nitrogens is 1. The fourth-order valence-electron chi connectivity index (χ4n) is 3.85. The molecule has 2 aromatic rings. The van der Waals surface area contributed by atoms with Crippen LogP contribution in [-0.2, 0) is 17.9 Å². The van der Waals surface area contributed by atoms with Gasteiger partial charge in [-0.1, -0.05) is 36.4 Å². The third kappa shape index (κ3) is 5.84. The Bertz CT molecular complexity index is 842. The van der Waals surface area contributed by atoms with Crippen LogP contribution in [0.5, 0.6) is 11.5 Å². The van der Waals surface area contributed by atoms with Gasteiger partial charge in [0.1, 0.15) is 6.54 Å². The second-order valence-electron chi connectivity index (χ2n) is 7.39. The summed E-state index contributed by atoms with van der Waals surface area (Å²) in [6, 6.07) is 14.0. The number of carbonyl (C=O) groups excluding carboxylic acids is 1. The van der Waals surface area contributed by atoms with E-state index in [1.54, 1.807) is 25.2 Å². The number of para-hydroxylation sites is 1. The average Bonchev–Trinajstić information content (AvgIpc) is 2.77. The smallest absolute Gasteiger partial charge is 0.244 e. The maximum atomic E-state index is 12.4. The summed E-state index contributed by atoms with van der Waals surface area (Å²) < 4.78 is 10.7. The van der Waals surface area contributed by atoms with E-state index in [0.29, 0.717) is 18.0 Å². The number of piperidine rings is 1. The van der Waals surface area contributed by atoms with Gasteiger partial charge < -0.3 is 19.7 Å². The van der Waals surface area contributed by atoms with E-state index in [1.807, 2.05) is 24.3 Å². The van der Waals surface area contributed by atoms with Crippen LogP contribution in [0.3, 0.4) is 0 Å². The number of hydrogen-bond acceptors (Lipinski definition) is 3. The van der Waals surface area contributed by atoms with Crippen LogP contribution in [0.25, 0.3) is 6.08 Å². The van der Waals surface area contributed by atoms with Crippen LogP contribution in [0, 0.1) is 0 Å². The van der Waals surface area contributed by atoms with Crippen molar-refractivity contribution in [3.8, 4) is 11.5 Å². The zero-order chi connectivity index (χ0) is 20.5.